The normalized spacial score (nSPS) is 12.8. The van der Waals surface area contributed by atoms with Crippen molar-refractivity contribution in [3.63, 3.8) is 0 Å². The second-order valence-corrected chi connectivity index (χ2v) is 4.61. The molecule has 1 atom stereocenters. The van der Waals surface area contributed by atoms with Crippen molar-refractivity contribution < 1.29 is 37.7 Å². The van der Waals surface area contributed by atoms with E-state index in [4.69, 9.17) is 5.11 Å². The number of rotatable bonds is 6. The van der Waals surface area contributed by atoms with Crippen LogP contribution in [0.15, 0.2) is 18.2 Å². The molecule has 1 aromatic rings. The molecule has 116 valence electrons. The predicted molar refractivity (Wildman–Crippen MR) is 68.2 cm³/mol. The third-order valence-corrected chi connectivity index (χ3v) is 2.95. The van der Waals surface area contributed by atoms with Gasteiger partial charge in [0.1, 0.15) is 11.5 Å². The minimum atomic E-state index is -4.97. The Labute approximate surface area is 125 Å². The van der Waals surface area contributed by atoms with Crippen LogP contribution in [0.1, 0.15) is 17.2 Å². The third kappa shape index (κ3) is 5.72. The molecule has 1 rings (SSSR count). The Morgan fingerprint density at radius 2 is 1.90 bits per heavy atom. The van der Waals surface area contributed by atoms with E-state index in [0.29, 0.717) is 0 Å². The van der Waals surface area contributed by atoms with Gasteiger partial charge in [-0.05, 0) is 23.3 Å². The molecule has 1 aromatic carbocycles. The molecule has 0 saturated carbocycles. The summed E-state index contributed by atoms with van der Waals surface area (Å²) in [6, 6.07) is 2.86. The van der Waals surface area contributed by atoms with E-state index in [1.54, 1.807) is 0 Å². The number of halogens is 4. The first-order valence-corrected chi connectivity index (χ1v) is 6.62. The van der Waals surface area contributed by atoms with Gasteiger partial charge < -0.3 is 14.9 Å². The summed E-state index contributed by atoms with van der Waals surface area (Å²) in [5.74, 6) is -2.65. The Hall–Kier alpha value is -1.61. The fourth-order valence-corrected chi connectivity index (χ4v) is 1.75. The molecule has 5 nitrogen and oxygen atoms in total. The lowest BCUT2D eigenvalue weighted by Gasteiger charge is -2.14. The van der Waals surface area contributed by atoms with Crippen molar-refractivity contribution in [3.05, 3.63) is 29.3 Å². The smallest absolute Gasteiger partial charge is 0.479 e. The van der Waals surface area contributed by atoms with Crippen LogP contribution in [0.5, 0.6) is 5.75 Å². The number of hydrogen-bond donors (Lipinski definition) is 2. The standard InChI is InChI=1S/C12H10BrF3O5/c13-5-8(17)2-6-1-7(10(18)11(19)20)4-9(3-6)21-12(14,15)16/h1,3-4,10,18H,2,5H2,(H,19,20). The number of carboxylic acids is 1. The van der Waals surface area contributed by atoms with Gasteiger partial charge in [0.15, 0.2) is 6.10 Å². The van der Waals surface area contributed by atoms with Crippen molar-refractivity contribution in [1.82, 2.24) is 0 Å². The molecular weight excluding hydrogens is 361 g/mol. The van der Waals surface area contributed by atoms with Crippen LogP contribution in [-0.2, 0) is 16.0 Å². The number of ketones is 1. The number of benzene rings is 1. The van der Waals surface area contributed by atoms with E-state index in [9.17, 15) is 27.9 Å². The van der Waals surface area contributed by atoms with Crippen LogP contribution in [-0.4, -0.2) is 33.7 Å². The minimum absolute atomic E-state index is 0.00578. The van der Waals surface area contributed by atoms with E-state index < -0.39 is 24.2 Å². The fraction of sp³-hybridized carbons (Fsp3) is 0.333. The van der Waals surface area contributed by atoms with Crippen LogP contribution < -0.4 is 4.74 Å². The van der Waals surface area contributed by atoms with Gasteiger partial charge in [0.25, 0.3) is 0 Å². The van der Waals surface area contributed by atoms with Crippen molar-refractivity contribution in [3.8, 4) is 5.75 Å². The number of ether oxygens (including phenoxy) is 1. The second kappa shape index (κ2) is 6.90. The Bertz CT molecular complexity index is 544. The Balaban J connectivity index is 3.18. The van der Waals surface area contributed by atoms with Gasteiger partial charge in [-0.3, -0.25) is 4.79 Å². The number of Topliss-reactive ketones (excluding diaryl/α,β-unsaturated/α-hetero) is 1. The zero-order valence-corrected chi connectivity index (χ0v) is 11.9. The molecule has 0 aliphatic carbocycles. The van der Waals surface area contributed by atoms with E-state index >= 15 is 0 Å². The molecule has 0 spiro atoms. The van der Waals surface area contributed by atoms with Gasteiger partial charge in [-0.1, -0.05) is 22.0 Å². The minimum Gasteiger partial charge on any atom is -0.479 e. The van der Waals surface area contributed by atoms with Crippen molar-refractivity contribution in [1.29, 1.82) is 0 Å². The average Bonchev–Trinajstić information content (AvgIpc) is 2.35. The van der Waals surface area contributed by atoms with Crippen molar-refractivity contribution in [2.75, 3.05) is 5.33 Å². The first kappa shape index (κ1) is 17.4. The van der Waals surface area contributed by atoms with Crippen LogP contribution in [0, 0.1) is 0 Å². The summed E-state index contributed by atoms with van der Waals surface area (Å²) >= 11 is 2.91. The topological polar surface area (TPSA) is 83.8 Å². The predicted octanol–water partition coefficient (Wildman–Crippen LogP) is 2.21. The van der Waals surface area contributed by atoms with E-state index in [1.165, 1.54) is 0 Å². The summed E-state index contributed by atoms with van der Waals surface area (Å²) in [6.07, 6.45) is -7.21. The highest BCUT2D eigenvalue weighted by Crippen LogP contribution is 2.28. The molecule has 0 aliphatic heterocycles. The zero-order valence-electron chi connectivity index (χ0n) is 10.4. The van der Waals surface area contributed by atoms with Crippen LogP contribution in [0.2, 0.25) is 0 Å². The number of aliphatic hydroxyl groups is 1. The number of carboxylic acid groups (broad SMARTS) is 1. The summed E-state index contributed by atoms with van der Waals surface area (Å²) in [6.45, 7) is 0. The van der Waals surface area contributed by atoms with Gasteiger partial charge in [0.05, 0.1) is 5.33 Å². The van der Waals surface area contributed by atoms with Gasteiger partial charge in [0.2, 0.25) is 0 Å². The molecule has 0 saturated heterocycles. The molecule has 2 N–H and O–H groups in total. The summed E-state index contributed by atoms with van der Waals surface area (Å²) in [7, 11) is 0. The monoisotopic (exact) mass is 370 g/mol. The number of carbonyl (C=O) groups excluding carboxylic acids is 1. The number of alkyl halides is 4. The maximum Gasteiger partial charge on any atom is 0.573 e. The molecule has 0 radical (unpaired) electrons. The average molecular weight is 371 g/mol. The SMILES string of the molecule is O=C(CBr)Cc1cc(OC(F)(F)F)cc(C(O)C(=O)O)c1. The van der Waals surface area contributed by atoms with E-state index in [1.807, 2.05) is 0 Å². The lowest BCUT2D eigenvalue weighted by molar-refractivity contribution is -0.274. The molecule has 21 heavy (non-hydrogen) atoms. The van der Waals surface area contributed by atoms with Crippen LogP contribution in [0.3, 0.4) is 0 Å². The quantitative estimate of drug-likeness (QED) is 0.750. The first-order chi connectivity index (χ1) is 9.62. The maximum atomic E-state index is 12.2. The first-order valence-electron chi connectivity index (χ1n) is 5.50. The van der Waals surface area contributed by atoms with E-state index in [2.05, 4.69) is 20.7 Å². The molecule has 0 heterocycles. The van der Waals surface area contributed by atoms with Gasteiger partial charge in [-0.25, -0.2) is 4.79 Å². The summed E-state index contributed by atoms with van der Waals surface area (Å²) in [5.41, 5.74) is -0.196. The molecule has 0 aromatic heterocycles. The fourth-order valence-electron chi connectivity index (χ4n) is 1.56. The van der Waals surface area contributed by atoms with Gasteiger partial charge in [-0.2, -0.15) is 0 Å². The van der Waals surface area contributed by atoms with Crippen LogP contribution in [0.4, 0.5) is 13.2 Å². The van der Waals surface area contributed by atoms with E-state index in [-0.39, 0.29) is 28.7 Å². The molecule has 0 amide bonds. The second-order valence-electron chi connectivity index (χ2n) is 4.05. The molecule has 1 unspecified atom stereocenters. The zero-order chi connectivity index (χ0) is 16.2. The number of hydrogen-bond acceptors (Lipinski definition) is 4. The molecule has 0 bridgehead atoms. The molecule has 9 heteroatoms. The van der Waals surface area contributed by atoms with Crippen molar-refractivity contribution in [2.45, 2.75) is 18.9 Å². The summed E-state index contributed by atoms with van der Waals surface area (Å²) in [4.78, 5) is 22.0. The van der Waals surface area contributed by atoms with Crippen LogP contribution >= 0.6 is 15.9 Å². The maximum absolute atomic E-state index is 12.2. The molecule has 0 aliphatic rings. The Kier molecular flexibility index (Phi) is 5.73. The number of aliphatic carboxylic acids is 1. The summed E-state index contributed by atoms with van der Waals surface area (Å²) < 4.78 is 40.4. The summed E-state index contributed by atoms with van der Waals surface area (Å²) in [5, 5.41) is 18.1. The van der Waals surface area contributed by atoms with Crippen molar-refractivity contribution >= 4 is 27.7 Å². The number of aliphatic hydroxyl groups excluding tert-OH is 1. The highest BCUT2D eigenvalue weighted by Gasteiger charge is 2.32. The molecular formula is C12H10BrF3O5. The number of carbonyl (C=O) groups is 2. The lowest BCUT2D eigenvalue weighted by Crippen LogP contribution is -2.18. The lowest BCUT2D eigenvalue weighted by atomic mass is 10.0. The van der Waals surface area contributed by atoms with Crippen LogP contribution in [0.25, 0.3) is 0 Å². The Morgan fingerprint density at radius 1 is 1.29 bits per heavy atom. The largest absolute Gasteiger partial charge is 0.573 e. The van der Waals surface area contributed by atoms with Gasteiger partial charge in [-0.15, -0.1) is 13.2 Å². The van der Waals surface area contributed by atoms with Gasteiger partial charge >= 0.3 is 12.3 Å². The van der Waals surface area contributed by atoms with Gasteiger partial charge in [0, 0.05) is 6.42 Å². The van der Waals surface area contributed by atoms with Crippen molar-refractivity contribution in [2.24, 2.45) is 0 Å². The van der Waals surface area contributed by atoms with E-state index in [0.717, 1.165) is 18.2 Å². The third-order valence-electron chi connectivity index (χ3n) is 2.32. The molecule has 0 fully saturated rings. The Morgan fingerprint density at radius 3 is 2.38 bits per heavy atom. The highest BCUT2D eigenvalue weighted by molar-refractivity contribution is 9.09. The highest BCUT2D eigenvalue weighted by atomic mass is 79.9.